The van der Waals surface area contributed by atoms with Gasteiger partial charge in [0.1, 0.15) is 10.5 Å². The average Bonchev–Trinajstić information content (AvgIpc) is 2.59. The minimum Gasteiger partial charge on any atom is -0.467 e. The summed E-state index contributed by atoms with van der Waals surface area (Å²) in [6.45, 7) is 6.40. The normalized spacial score (nSPS) is 12.0. The van der Waals surface area contributed by atoms with Crippen molar-refractivity contribution in [2.45, 2.75) is 26.2 Å². The Kier molecular flexibility index (Phi) is 2.34. The van der Waals surface area contributed by atoms with Crippen LogP contribution in [0.15, 0.2) is 6.20 Å². The van der Waals surface area contributed by atoms with E-state index in [9.17, 15) is 0 Å². The number of ether oxygens (including phenoxy) is 1. The third kappa shape index (κ3) is 1.92. The van der Waals surface area contributed by atoms with E-state index in [1.807, 2.05) is 0 Å². The highest BCUT2D eigenvalue weighted by Gasteiger charge is 2.19. The molecule has 0 fully saturated rings. The summed E-state index contributed by atoms with van der Waals surface area (Å²) in [7, 11) is 1.56. The molecule has 0 radical (unpaired) electrons. The van der Waals surface area contributed by atoms with E-state index in [4.69, 9.17) is 4.74 Å². The average molecular weight is 223 g/mol. The first-order valence-electron chi connectivity index (χ1n) is 4.69. The number of hydrogen-bond acceptors (Lipinski definition) is 5. The molecule has 0 spiro atoms. The summed E-state index contributed by atoms with van der Waals surface area (Å²) in [6, 6.07) is 0.395. The Hall–Kier alpha value is -1.23. The Balaban J connectivity index is 2.56. The zero-order chi connectivity index (χ0) is 11.1. The van der Waals surface area contributed by atoms with Crippen molar-refractivity contribution in [3.8, 4) is 6.01 Å². The molecule has 0 amide bonds. The monoisotopic (exact) mass is 223 g/mol. The summed E-state index contributed by atoms with van der Waals surface area (Å²) in [4.78, 5) is 13.7. The summed E-state index contributed by atoms with van der Waals surface area (Å²) in [5.41, 5.74) is 0.893. The Morgan fingerprint density at radius 3 is 2.60 bits per heavy atom. The highest BCUT2D eigenvalue weighted by molar-refractivity contribution is 7.18. The van der Waals surface area contributed by atoms with Crippen LogP contribution in [0.25, 0.3) is 10.3 Å². The first-order valence-corrected chi connectivity index (χ1v) is 5.50. The zero-order valence-electron chi connectivity index (χ0n) is 9.24. The van der Waals surface area contributed by atoms with Gasteiger partial charge in [-0.15, -0.1) is 0 Å². The minimum absolute atomic E-state index is 0.0542. The van der Waals surface area contributed by atoms with Gasteiger partial charge >= 0.3 is 6.01 Å². The summed E-state index contributed by atoms with van der Waals surface area (Å²) >= 11 is 1.59. The van der Waals surface area contributed by atoms with Crippen LogP contribution in [0, 0.1) is 0 Å². The lowest BCUT2D eigenvalue weighted by Crippen LogP contribution is -2.09. The molecule has 2 aromatic rings. The van der Waals surface area contributed by atoms with Gasteiger partial charge in [0.05, 0.1) is 13.3 Å². The lowest BCUT2D eigenvalue weighted by molar-refractivity contribution is 0.382. The van der Waals surface area contributed by atoms with Gasteiger partial charge in [0.15, 0.2) is 4.83 Å². The van der Waals surface area contributed by atoms with Gasteiger partial charge in [-0.05, 0) is 0 Å². The predicted molar refractivity (Wildman–Crippen MR) is 60.5 cm³/mol. The van der Waals surface area contributed by atoms with Gasteiger partial charge in [-0.2, -0.15) is 4.98 Å². The Bertz CT molecular complexity index is 487. The van der Waals surface area contributed by atoms with Crippen LogP contribution in [0.2, 0.25) is 0 Å². The van der Waals surface area contributed by atoms with Crippen molar-refractivity contribution in [1.29, 1.82) is 0 Å². The van der Waals surface area contributed by atoms with Crippen molar-refractivity contribution in [3.63, 3.8) is 0 Å². The smallest absolute Gasteiger partial charge is 0.317 e. The standard InChI is InChI=1S/C10H13N3OS/c1-10(2,3)8-12-6-5-11-9(14-4)13-7(6)15-8/h5H,1-4H3. The van der Waals surface area contributed by atoms with Crippen molar-refractivity contribution in [1.82, 2.24) is 15.0 Å². The molecule has 0 atom stereocenters. The number of methoxy groups -OCH3 is 1. The van der Waals surface area contributed by atoms with E-state index >= 15 is 0 Å². The number of hydrogen-bond donors (Lipinski definition) is 0. The second-order valence-electron chi connectivity index (χ2n) is 4.32. The molecule has 0 N–H and O–H groups in total. The summed E-state index contributed by atoms with van der Waals surface area (Å²) < 4.78 is 4.97. The van der Waals surface area contributed by atoms with Crippen LogP contribution >= 0.6 is 11.3 Å². The lowest BCUT2D eigenvalue weighted by Gasteiger charge is -2.12. The molecule has 5 heteroatoms. The van der Waals surface area contributed by atoms with Crippen LogP contribution in [0.3, 0.4) is 0 Å². The summed E-state index contributed by atoms with van der Waals surface area (Å²) in [6.07, 6.45) is 1.70. The van der Waals surface area contributed by atoms with E-state index in [2.05, 4.69) is 35.7 Å². The molecule has 2 rings (SSSR count). The molecule has 2 aromatic heterocycles. The Morgan fingerprint density at radius 1 is 1.27 bits per heavy atom. The van der Waals surface area contributed by atoms with Crippen molar-refractivity contribution < 1.29 is 4.74 Å². The van der Waals surface area contributed by atoms with Gasteiger partial charge in [-0.25, -0.2) is 9.97 Å². The summed E-state index contributed by atoms with van der Waals surface area (Å²) in [5.74, 6) is 0. The first kappa shape index (κ1) is 10.3. The van der Waals surface area contributed by atoms with Crippen LogP contribution in [-0.2, 0) is 5.41 Å². The van der Waals surface area contributed by atoms with Crippen molar-refractivity contribution in [2.24, 2.45) is 0 Å². The molecule has 15 heavy (non-hydrogen) atoms. The van der Waals surface area contributed by atoms with E-state index in [1.165, 1.54) is 0 Å². The fourth-order valence-corrected chi connectivity index (χ4v) is 2.10. The van der Waals surface area contributed by atoms with Gasteiger partial charge in [0.2, 0.25) is 0 Å². The van der Waals surface area contributed by atoms with E-state index in [-0.39, 0.29) is 5.41 Å². The number of aromatic nitrogens is 3. The van der Waals surface area contributed by atoms with Gasteiger partial charge in [0.25, 0.3) is 0 Å². The Morgan fingerprint density at radius 2 is 2.00 bits per heavy atom. The molecule has 0 aliphatic heterocycles. The molecule has 80 valence electrons. The first-order chi connectivity index (χ1) is 7.00. The number of thiazole rings is 1. The van der Waals surface area contributed by atoms with E-state index in [0.717, 1.165) is 15.4 Å². The molecule has 0 aliphatic rings. The van der Waals surface area contributed by atoms with E-state index in [1.54, 1.807) is 24.6 Å². The second-order valence-corrected chi connectivity index (χ2v) is 5.29. The summed E-state index contributed by atoms with van der Waals surface area (Å²) in [5, 5.41) is 1.07. The highest BCUT2D eigenvalue weighted by atomic mass is 32.1. The topological polar surface area (TPSA) is 47.9 Å². The quantitative estimate of drug-likeness (QED) is 0.744. The number of rotatable bonds is 1. The lowest BCUT2D eigenvalue weighted by atomic mass is 9.98. The molecule has 4 nitrogen and oxygen atoms in total. The molecule has 0 aliphatic carbocycles. The predicted octanol–water partition coefficient (Wildman–Crippen LogP) is 2.39. The molecular formula is C10H13N3OS. The molecule has 0 aromatic carbocycles. The fraction of sp³-hybridized carbons (Fsp3) is 0.500. The van der Waals surface area contributed by atoms with Crippen LogP contribution < -0.4 is 4.74 Å². The fourth-order valence-electron chi connectivity index (χ4n) is 1.14. The molecule has 0 bridgehead atoms. The minimum atomic E-state index is 0.0542. The van der Waals surface area contributed by atoms with Crippen molar-refractivity contribution >= 4 is 21.7 Å². The maximum Gasteiger partial charge on any atom is 0.317 e. The maximum absolute atomic E-state index is 4.97. The van der Waals surface area contributed by atoms with Crippen LogP contribution in [-0.4, -0.2) is 22.1 Å². The molecule has 0 saturated carbocycles. The van der Waals surface area contributed by atoms with Gasteiger partial charge < -0.3 is 4.74 Å². The van der Waals surface area contributed by atoms with E-state index in [0.29, 0.717) is 6.01 Å². The molecule has 0 unspecified atom stereocenters. The van der Waals surface area contributed by atoms with Crippen LogP contribution in [0.1, 0.15) is 25.8 Å². The largest absolute Gasteiger partial charge is 0.467 e. The third-order valence-electron chi connectivity index (χ3n) is 1.95. The number of fused-ring (bicyclic) bond motifs is 1. The molecular weight excluding hydrogens is 210 g/mol. The van der Waals surface area contributed by atoms with Crippen molar-refractivity contribution in [2.75, 3.05) is 7.11 Å². The number of nitrogens with zero attached hydrogens (tertiary/aromatic N) is 3. The zero-order valence-corrected chi connectivity index (χ0v) is 10.1. The molecule has 2 heterocycles. The van der Waals surface area contributed by atoms with Gasteiger partial charge in [0, 0.05) is 5.41 Å². The van der Waals surface area contributed by atoms with Gasteiger partial charge in [-0.3, -0.25) is 0 Å². The maximum atomic E-state index is 4.97. The van der Waals surface area contributed by atoms with E-state index < -0.39 is 0 Å². The SMILES string of the molecule is COc1ncc2nc(C(C)(C)C)sc2n1. The third-order valence-corrected chi connectivity index (χ3v) is 3.34. The van der Waals surface area contributed by atoms with Crippen LogP contribution in [0.5, 0.6) is 6.01 Å². The second kappa shape index (κ2) is 3.41. The highest BCUT2D eigenvalue weighted by Crippen LogP contribution is 2.30. The van der Waals surface area contributed by atoms with Gasteiger partial charge in [-0.1, -0.05) is 32.1 Å². The Labute approximate surface area is 92.4 Å². The van der Waals surface area contributed by atoms with Crippen molar-refractivity contribution in [3.05, 3.63) is 11.2 Å². The molecule has 0 saturated heterocycles. The van der Waals surface area contributed by atoms with Crippen LogP contribution in [0.4, 0.5) is 0 Å².